The van der Waals surface area contributed by atoms with Gasteiger partial charge in [0.1, 0.15) is 22.5 Å². The molecule has 0 saturated heterocycles. The molecule has 0 amide bonds. The summed E-state index contributed by atoms with van der Waals surface area (Å²) in [6.45, 7) is 0. The second kappa shape index (κ2) is 7.06. The molecule has 0 saturated carbocycles. The summed E-state index contributed by atoms with van der Waals surface area (Å²) in [6.07, 6.45) is 0. The fourth-order valence-electron chi connectivity index (χ4n) is 2.47. The van der Waals surface area contributed by atoms with E-state index in [0.717, 1.165) is 24.3 Å². The second-order valence-electron chi connectivity index (χ2n) is 5.59. The Hall–Kier alpha value is -3.53. The number of fused-ring (bicyclic) bond motifs is 1. The van der Waals surface area contributed by atoms with Gasteiger partial charge >= 0.3 is 0 Å². The molecule has 1 heterocycles. The second-order valence-corrected chi connectivity index (χ2v) is 7.56. The molecule has 3 aromatic rings. The third-order valence-electron chi connectivity index (χ3n) is 3.52. The number of phenols is 3. The first-order valence-electron chi connectivity index (χ1n) is 7.42. The molecule has 30 heavy (non-hydrogen) atoms. The molecule has 1 aromatic heterocycles. The van der Waals surface area contributed by atoms with Gasteiger partial charge in [-0.2, -0.15) is 0 Å². The van der Waals surface area contributed by atoms with Gasteiger partial charge in [0.25, 0.3) is 20.8 Å². The Morgan fingerprint density at radius 1 is 0.867 bits per heavy atom. The summed E-state index contributed by atoms with van der Waals surface area (Å²) in [5, 5.41) is 28.4. The molecular formula is C15H8O13S2-2. The predicted octanol–water partition coefficient (Wildman–Crippen LogP) is 0.255. The fourth-order valence-corrected chi connectivity index (χ4v) is 3.18. The maximum absolute atomic E-state index is 12.7. The highest BCUT2D eigenvalue weighted by molar-refractivity contribution is 7.81. The molecule has 2 aromatic carbocycles. The van der Waals surface area contributed by atoms with Gasteiger partial charge in [0.05, 0.1) is 0 Å². The first kappa shape index (κ1) is 21.2. The highest BCUT2D eigenvalue weighted by Crippen LogP contribution is 2.39. The van der Waals surface area contributed by atoms with E-state index >= 15 is 0 Å². The number of hydrogen-bond donors (Lipinski definition) is 3. The van der Waals surface area contributed by atoms with Crippen LogP contribution in [0.5, 0.6) is 28.7 Å². The summed E-state index contributed by atoms with van der Waals surface area (Å²) >= 11 is 0. The van der Waals surface area contributed by atoms with E-state index in [1.54, 1.807) is 0 Å². The van der Waals surface area contributed by atoms with Gasteiger partial charge in [-0.1, -0.05) is 0 Å². The van der Waals surface area contributed by atoms with Crippen molar-refractivity contribution in [2.24, 2.45) is 0 Å². The van der Waals surface area contributed by atoms with E-state index in [0.29, 0.717) is 6.07 Å². The first-order valence-corrected chi connectivity index (χ1v) is 10.1. The molecule has 15 heteroatoms. The fraction of sp³-hybridized carbons (Fsp3) is 0. The van der Waals surface area contributed by atoms with Crippen LogP contribution >= 0.6 is 0 Å². The van der Waals surface area contributed by atoms with Gasteiger partial charge in [-0.05, 0) is 18.2 Å². The minimum absolute atomic E-state index is 0.382. The molecule has 0 unspecified atom stereocenters. The third kappa shape index (κ3) is 4.38. The van der Waals surface area contributed by atoms with Crippen molar-refractivity contribution in [1.82, 2.24) is 0 Å². The predicted molar refractivity (Wildman–Crippen MR) is 93.6 cm³/mol. The summed E-state index contributed by atoms with van der Waals surface area (Å²) in [6, 6.07) is 4.04. The average molecular weight is 460 g/mol. The zero-order chi connectivity index (χ0) is 22.4. The minimum Gasteiger partial charge on any atom is -0.716 e. The maximum Gasteiger partial charge on any atom is 0.262 e. The van der Waals surface area contributed by atoms with Crippen LogP contribution in [0.1, 0.15) is 0 Å². The van der Waals surface area contributed by atoms with Crippen molar-refractivity contribution in [3.05, 3.63) is 40.6 Å². The van der Waals surface area contributed by atoms with Gasteiger partial charge in [0, 0.05) is 17.7 Å². The Morgan fingerprint density at radius 3 is 2.10 bits per heavy atom. The lowest BCUT2D eigenvalue weighted by molar-refractivity contribution is 0.359. The molecule has 3 rings (SSSR count). The molecule has 160 valence electrons. The number of phenolic OH excluding ortho intramolecular Hbond substituents is 3. The van der Waals surface area contributed by atoms with Crippen LogP contribution in [-0.4, -0.2) is 41.3 Å². The Bertz CT molecular complexity index is 1440. The Morgan fingerprint density at radius 2 is 1.50 bits per heavy atom. The zero-order valence-electron chi connectivity index (χ0n) is 14.1. The van der Waals surface area contributed by atoms with Crippen LogP contribution in [0.2, 0.25) is 0 Å². The minimum atomic E-state index is -5.53. The lowest BCUT2D eigenvalue weighted by Gasteiger charge is -2.15. The molecular weight excluding hydrogens is 452 g/mol. The highest BCUT2D eigenvalue weighted by atomic mass is 32.3. The quantitative estimate of drug-likeness (QED) is 0.343. The Kier molecular flexibility index (Phi) is 4.99. The number of rotatable bonds is 5. The van der Waals surface area contributed by atoms with Gasteiger partial charge in [0.2, 0.25) is 11.2 Å². The standard InChI is InChI=1S/C15H10O13S2/c16-7-4-9(18)12-11(5-7)26-14(15(13(12)19)28-30(23,24)25)6-1-2-8(17)10(3-6)27-29(20,21)22/h1-5,16-18H,(H,20,21,22)(H,23,24,25)/p-2. The molecule has 0 fully saturated rings. The van der Waals surface area contributed by atoms with Crippen molar-refractivity contribution < 1.29 is 54.0 Å². The van der Waals surface area contributed by atoms with Gasteiger partial charge in [-0.15, -0.1) is 0 Å². The van der Waals surface area contributed by atoms with Crippen molar-refractivity contribution in [1.29, 1.82) is 0 Å². The van der Waals surface area contributed by atoms with E-state index in [2.05, 4.69) is 8.37 Å². The number of hydrogen-bond acceptors (Lipinski definition) is 13. The Balaban J connectivity index is 2.38. The Labute approximate surface area is 166 Å². The van der Waals surface area contributed by atoms with Crippen LogP contribution in [0.3, 0.4) is 0 Å². The molecule has 0 spiro atoms. The molecule has 0 aliphatic heterocycles. The lowest BCUT2D eigenvalue weighted by Crippen LogP contribution is -2.16. The topological polar surface area (TPSA) is 224 Å². The van der Waals surface area contributed by atoms with E-state index in [4.69, 9.17) is 4.42 Å². The molecule has 0 atom stereocenters. The van der Waals surface area contributed by atoms with Crippen LogP contribution in [0.25, 0.3) is 22.3 Å². The molecule has 13 nitrogen and oxygen atoms in total. The largest absolute Gasteiger partial charge is 0.716 e. The normalized spacial score (nSPS) is 12.1. The van der Waals surface area contributed by atoms with E-state index in [-0.39, 0.29) is 5.56 Å². The van der Waals surface area contributed by atoms with Crippen LogP contribution < -0.4 is 13.8 Å². The monoisotopic (exact) mass is 460 g/mol. The lowest BCUT2D eigenvalue weighted by atomic mass is 10.1. The number of aromatic hydroxyl groups is 3. The smallest absolute Gasteiger partial charge is 0.262 e. The molecule has 3 N–H and O–H groups in total. The summed E-state index contributed by atoms with van der Waals surface area (Å²) in [4.78, 5) is 12.7. The van der Waals surface area contributed by atoms with Crippen molar-refractivity contribution in [2.75, 3.05) is 0 Å². The third-order valence-corrected chi connectivity index (χ3v) is 4.27. The molecule has 0 bridgehead atoms. The molecule has 0 aliphatic carbocycles. The zero-order valence-corrected chi connectivity index (χ0v) is 15.8. The summed E-state index contributed by atoms with van der Waals surface area (Å²) in [5.74, 6) is -5.13. The van der Waals surface area contributed by atoms with E-state index in [1.807, 2.05) is 0 Å². The van der Waals surface area contributed by atoms with E-state index in [9.17, 15) is 46.1 Å². The van der Waals surface area contributed by atoms with Crippen molar-refractivity contribution >= 4 is 31.8 Å². The molecule has 0 aliphatic rings. The summed E-state index contributed by atoms with van der Waals surface area (Å²) < 4.78 is 79.1. The van der Waals surface area contributed by atoms with Gasteiger partial charge < -0.3 is 37.2 Å². The van der Waals surface area contributed by atoms with Crippen molar-refractivity contribution in [3.63, 3.8) is 0 Å². The van der Waals surface area contributed by atoms with Crippen LogP contribution in [0.4, 0.5) is 0 Å². The average Bonchev–Trinajstić information content (AvgIpc) is 2.56. The molecule has 0 radical (unpaired) electrons. The SMILES string of the molecule is O=c1c(OS(=O)(=O)[O-])c(-c2ccc(O)c(OS(=O)(=O)[O-])c2)oc2cc(O)cc(O)c12. The van der Waals surface area contributed by atoms with Crippen molar-refractivity contribution in [2.45, 2.75) is 0 Å². The van der Waals surface area contributed by atoms with E-state index in [1.165, 1.54) is 0 Å². The van der Waals surface area contributed by atoms with Gasteiger partial charge in [0.15, 0.2) is 17.3 Å². The van der Waals surface area contributed by atoms with Crippen LogP contribution in [0.15, 0.2) is 39.5 Å². The van der Waals surface area contributed by atoms with Crippen molar-refractivity contribution in [3.8, 4) is 40.1 Å². The highest BCUT2D eigenvalue weighted by Gasteiger charge is 2.23. The van der Waals surface area contributed by atoms with E-state index < -0.39 is 71.7 Å². The van der Waals surface area contributed by atoms with Crippen LogP contribution in [0, 0.1) is 0 Å². The summed E-state index contributed by atoms with van der Waals surface area (Å²) in [5.41, 5.74) is -2.20. The van der Waals surface area contributed by atoms with Gasteiger partial charge in [-0.3, -0.25) is 4.79 Å². The first-order chi connectivity index (χ1) is 13.7. The summed E-state index contributed by atoms with van der Waals surface area (Å²) in [7, 11) is -10.9. The number of benzene rings is 2. The maximum atomic E-state index is 12.7. The van der Waals surface area contributed by atoms with Crippen LogP contribution in [-0.2, 0) is 20.8 Å². The van der Waals surface area contributed by atoms with Gasteiger partial charge in [-0.25, -0.2) is 16.8 Å².